The summed E-state index contributed by atoms with van der Waals surface area (Å²) in [4.78, 5) is 10.7. The van der Waals surface area contributed by atoms with Crippen molar-refractivity contribution in [2.45, 2.75) is 26.3 Å². The molecule has 2 N–H and O–H groups in total. The van der Waals surface area contributed by atoms with Gasteiger partial charge in [-0.1, -0.05) is 13.8 Å². The van der Waals surface area contributed by atoms with Crippen molar-refractivity contribution >= 4 is 11.7 Å². The average Bonchev–Trinajstić information content (AvgIpc) is 2.19. The zero-order chi connectivity index (χ0) is 12.1. The van der Waals surface area contributed by atoms with Crippen LogP contribution >= 0.6 is 0 Å². The Hall–Kier alpha value is -1.58. The van der Waals surface area contributed by atoms with Crippen LogP contribution in [0.25, 0.3) is 0 Å². The highest BCUT2D eigenvalue weighted by molar-refractivity contribution is 5.68. The van der Waals surface area contributed by atoms with Crippen LogP contribution in [0.3, 0.4) is 0 Å². The molecule has 0 bridgehead atoms. The molecule has 88 valence electrons. The van der Waals surface area contributed by atoms with Gasteiger partial charge in [-0.3, -0.25) is 4.79 Å². The molecule has 0 radical (unpaired) electrons. The molecule has 0 aromatic heterocycles. The maximum atomic E-state index is 12.7. The summed E-state index contributed by atoms with van der Waals surface area (Å²) in [5.41, 5.74) is 0.737. The number of halogens is 1. The predicted octanol–water partition coefficient (Wildman–Crippen LogP) is 2.74. The summed E-state index contributed by atoms with van der Waals surface area (Å²) in [6.07, 6.45) is 0.0506. The molecule has 0 saturated heterocycles. The topological polar surface area (TPSA) is 49.3 Å². The Bertz CT molecular complexity index is 349. The quantitative estimate of drug-likeness (QED) is 0.810. The van der Waals surface area contributed by atoms with Crippen LogP contribution < -0.4 is 5.32 Å². The molecular weight excluding hydrogens is 209 g/mol. The van der Waals surface area contributed by atoms with Gasteiger partial charge in [0.15, 0.2) is 0 Å². The second-order valence-corrected chi connectivity index (χ2v) is 4.10. The first-order valence-electron chi connectivity index (χ1n) is 5.23. The number of benzene rings is 1. The van der Waals surface area contributed by atoms with Gasteiger partial charge in [0.1, 0.15) is 5.82 Å². The molecule has 1 atom stereocenters. The maximum absolute atomic E-state index is 12.7. The van der Waals surface area contributed by atoms with Crippen molar-refractivity contribution in [3.8, 4) is 0 Å². The van der Waals surface area contributed by atoms with E-state index in [4.69, 9.17) is 5.11 Å². The first-order valence-corrected chi connectivity index (χ1v) is 5.23. The number of rotatable bonds is 5. The van der Waals surface area contributed by atoms with Crippen LogP contribution in [-0.4, -0.2) is 17.1 Å². The van der Waals surface area contributed by atoms with Gasteiger partial charge < -0.3 is 10.4 Å². The number of carbonyl (C=O) groups is 1. The lowest BCUT2D eigenvalue weighted by Gasteiger charge is -2.21. The van der Waals surface area contributed by atoms with Crippen LogP contribution in [0.1, 0.15) is 20.3 Å². The molecule has 16 heavy (non-hydrogen) atoms. The van der Waals surface area contributed by atoms with Gasteiger partial charge >= 0.3 is 5.97 Å². The van der Waals surface area contributed by atoms with Gasteiger partial charge in [0, 0.05) is 11.7 Å². The zero-order valence-corrected chi connectivity index (χ0v) is 9.40. The number of aliphatic carboxylic acids is 1. The van der Waals surface area contributed by atoms with Crippen molar-refractivity contribution < 1.29 is 14.3 Å². The number of carboxylic acids is 1. The fourth-order valence-corrected chi connectivity index (χ4v) is 1.40. The van der Waals surface area contributed by atoms with Crippen molar-refractivity contribution in [3.63, 3.8) is 0 Å². The van der Waals surface area contributed by atoms with Gasteiger partial charge in [-0.15, -0.1) is 0 Å². The van der Waals surface area contributed by atoms with Crippen LogP contribution in [-0.2, 0) is 4.79 Å². The lowest BCUT2D eigenvalue weighted by molar-refractivity contribution is -0.137. The molecule has 1 aromatic rings. The van der Waals surface area contributed by atoms with Crippen molar-refractivity contribution in [1.29, 1.82) is 0 Å². The number of carboxylic acid groups (broad SMARTS) is 1. The lowest BCUT2D eigenvalue weighted by atomic mass is 10.0. The van der Waals surface area contributed by atoms with Gasteiger partial charge in [0.25, 0.3) is 0 Å². The second-order valence-electron chi connectivity index (χ2n) is 4.10. The summed E-state index contributed by atoms with van der Waals surface area (Å²) in [6.45, 7) is 3.90. The third kappa shape index (κ3) is 3.88. The second kappa shape index (κ2) is 5.49. The Morgan fingerprint density at radius 2 is 1.94 bits per heavy atom. The average molecular weight is 225 g/mol. The number of hydrogen-bond acceptors (Lipinski definition) is 2. The molecule has 0 saturated carbocycles. The molecular formula is C12H16FNO2. The van der Waals surface area contributed by atoms with E-state index < -0.39 is 5.97 Å². The molecule has 1 aromatic carbocycles. The maximum Gasteiger partial charge on any atom is 0.305 e. The zero-order valence-electron chi connectivity index (χ0n) is 9.40. The molecule has 0 aliphatic rings. The molecule has 0 heterocycles. The molecule has 0 spiro atoms. The van der Waals surface area contributed by atoms with Gasteiger partial charge in [-0.05, 0) is 30.2 Å². The minimum absolute atomic E-state index is 0.0506. The van der Waals surface area contributed by atoms with E-state index in [9.17, 15) is 9.18 Å². The third-order valence-corrected chi connectivity index (χ3v) is 2.40. The van der Waals surface area contributed by atoms with Crippen LogP contribution in [0, 0.1) is 11.7 Å². The van der Waals surface area contributed by atoms with Gasteiger partial charge in [0.05, 0.1) is 6.42 Å². The highest BCUT2D eigenvalue weighted by Crippen LogP contribution is 2.15. The van der Waals surface area contributed by atoms with E-state index in [1.807, 2.05) is 13.8 Å². The van der Waals surface area contributed by atoms with E-state index in [0.717, 1.165) is 5.69 Å². The van der Waals surface area contributed by atoms with Crippen molar-refractivity contribution in [3.05, 3.63) is 30.1 Å². The molecule has 3 nitrogen and oxygen atoms in total. The van der Waals surface area contributed by atoms with Crippen LogP contribution in [0.2, 0.25) is 0 Å². The fraction of sp³-hybridized carbons (Fsp3) is 0.417. The molecule has 1 rings (SSSR count). The van der Waals surface area contributed by atoms with E-state index in [1.165, 1.54) is 12.1 Å². The van der Waals surface area contributed by atoms with E-state index in [0.29, 0.717) is 0 Å². The minimum atomic E-state index is -0.840. The van der Waals surface area contributed by atoms with Crippen LogP contribution in [0.15, 0.2) is 24.3 Å². The molecule has 0 aliphatic heterocycles. The largest absolute Gasteiger partial charge is 0.481 e. The first kappa shape index (κ1) is 12.5. The lowest BCUT2D eigenvalue weighted by Crippen LogP contribution is -2.28. The Kier molecular flexibility index (Phi) is 4.28. The van der Waals surface area contributed by atoms with E-state index in [2.05, 4.69) is 5.32 Å². The summed E-state index contributed by atoms with van der Waals surface area (Å²) in [7, 11) is 0. The summed E-state index contributed by atoms with van der Waals surface area (Å²) in [5.74, 6) is -0.945. The summed E-state index contributed by atoms with van der Waals surface area (Å²) in [5, 5.41) is 11.8. The van der Waals surface area contributed by atoms with Gasteiger partial charge in [-0.25, -0.2) is 4.39 Å². The van der Waals surface area contributed by atoms with Crippen molar-refractivity contribution in [2.24, 2.45) is 5.92 Å². The van der Waals surface area contributed by atoms with Gasteiger partial charge in [0.2, 0.25) is 0 Å². The molecule has 0 aliphatic carbocycles. The van der Waals surface area contributed by atoms with E-state index in [1.54, 1.807) is 12.1 Å². The summed E-state index contributed by atoms with van der Waals surface area (Å²) < 4.78 is 12.7. The highest BCUT2D eigenvalue weighted by Gasteiger charge is 2.16. The fourth-order valence-electron chi connectivity index (χ4n) is 1.40. The molecule has 1 unspecified atom stereocenters. The monoisotopic (exact) mass is 225 g/mol. The standard InChI is InChI=1S/C12H16FNO2/c1-8(2)11(7-12(15)16)14-10-5-3-9(13)4-6-10/h3-6,8,11,14H,7H2,1-2H3,(H,15,16). The van der Waals surface area contributed by atoms with Gasteiger partial charge in [-0.2, -0.15) is 0 Å². The smallest absolute Gasteiger partial charge is 0.305 e. The highest BCUT2D eigenvalue weighted by atomic mass is 19.1. The number of hydrogen-bond donors (Lipinski definition) is 2. The van der Waals surface area contributed by atoms with Crippen molar-refractivity contribution in [1.82, 2.24) is 0 Å². The van der Waals surface area contributed by atoms with E-state index in [-0.39, 0.29) is 24.2 Å². The molecule has 0 amide bonds. The van der Waals surface area contributed by atoms with E-state index >= 15 is 0 Å². The third-order valence-electron chi connectivity index (χ3n) is 2.40. The Labute approximate surface area is 94.3 Å². The Morgan fingerprint density at radius 1 is 1.38 bits per heavy atom. The first-order chi connectivity index (χ1) is 7.49. The summed E-state index contributed by atoms with van der Waals surface area (Å²) >= 11 is 0. The predicted molar refractivity (Wildman–Crippen MR) is 60.9 cm³/mol. The molecule has 0 fully saturated rings. The van der Waals surface area contributed by atoms with Crippen molar-refractivity contribution in [2.75, 3.05) is 5.32 Å². The molecule has 4 heteroatoms. The minimum Gasteiger partial charge on any atom is -0.481 e. The summed E-state index contributed by atoms with van der Waals surface area (Å²) in [6, 6.07) is 5.75. The normalized spacial score (nSPS) is 12.5. The SMILES string of the molecule is CC(C)C(CC(=O)O)Nc1ccc(F)cc1. The Morgan fingerprint density at radius 3 is 2.38 bits per heavy atom. The van der Waals surface area contributed by atoms with Crippen LogP contribution in [0.5, 0.6) is 0 Å². The number of nitrogens with one attached hydrogen (secondary N) is 1. The number of anilines is 1. The van der Waals surface area contributed by atoms with Crippen LogP contribution in [0.4, 0.5) is 10.1 Å². The Balaban J connectivity index is 2.67.